The van der Waals surface area contributed by atoms with Gasteiger partial charge in [0.2, 0.25) is 0 Å². The predicted octanol–water partition coefficient (Wildman–Crippen LogP) is 2.86. The lowest BCUT2D eigenvalue weighted by molar-refractivity contribution is 0.0653. The molecule has 128 valence electrons. The van der Waals surface area contributed by atoms with Crippen LogP contribution in [0.15, 0.2) is 18.2 Å². The molecule has 0 saturated heterocycles. The summed E-state index contributed by atoms with van der Waals surface area (Å²) in [5.41, 5.74) is 0.528. The minimum atomic E-state index is -0.559. The molecular formula is C18H27NO4. The van der Waals surface area contributed by atoms with Crippen LogP contribution < -0.4 is 9.47 Å². The second-order valence-corrected chi connectivity index (χ2v) is 6.08. The molecule has 23 heavy (non-hydrogen) atoms. The smallest absolute Gasteiger partial charge is 0.257 e. The Kier molecular flexibility index (Phi) is 6.28. The molecule has 1 saturated carbocycles. The Morgan fingerprint density at radius 1 is 1.39 bits per heavy atom. The van der Waals surface area contributed by atoms with Gasteiger partial charge in [0, 0.05) is 19.2 Å². The zero-order valence-electron chi connectivity index (χ0n) is 14.2. The van der Waals surface area contributed by atoms with Gasteiger partial charge in [0.25, 0.3) is 5.91 Å². The summed E-state index contributed by atoms with van der Waals surface area (Å²) in [4.78, 5) is 14.4. The van der Waals surface area contributed by atoms with E-state index >= 15 is 0 Å². The molecule has 0 unspecified atom stereocenters. The summed E-state index contributed by atoms with van der Waals surface area (Å²) in [6.07, 6.45) is 3.99. The fourth-order valence-electron chi connectivity index (χ4n) is 2.93. The van der Waals surface area contributed by atoms with Crippen LogP contribution in [0.3, 0.4) is 0 Å². The summed E-state index contributed by atoms with van der Waals surface area (Å²) >= 11 is 0. The molecule has 1 atom stereocenters. The van der Waals surface area contributed by atoms with Crippen molar-refractivity contribution in [2.75, 3.05) is 20.2 Å². The van der Waals surface area contributed by atoms with Gasteiger partial charge in [-0.3, -0.25) is 4.79 Å². The molecule has 1 amide bonds. The number of carbonyl (C=O) groups excluding carboxylic acids is 1. The highest BCUT2D eigenvalue weighted by Crippen LogP contribution is 2.30. The van der Waals surface area contributed by atoms with Gasteiger partial charge in [-0.2, -0.15) is 0 Å². The molecule has 1 aliphatic rings. The highest BCUT2D eigenvalue weighted by Gasteiger charge is 2.23. The minimum absolute atomic E-state index is 0.121. The average molecular weight is 321 g/mol. The predicted molar refractivity (Wildman–Crippen MR) is 89.1 cm³/mol. The quantitative estimate of drug-likeness (QED) is 0.839. The number of hydrogen-bond acceptors (Lipinski definition) is 4. The molecule has 1 aromatic carbocycles. The molecule has 1 N–H and O–H groups in total. The first kappa shape index (κ1) is 17.6. The minimum Gasteiger partial charge on any atom is -0.497 e. The van der Waals surface area contributed by atoms with Gasteiger partial charge in [-0.1, -0.05) is 0 Å². The topological polar surface area (TPSA) is 59.0 Å². The molecule has 0 spiro atoms. The fraction of sp³-hybridized carbons (Fsp3) is 0.611. The summed E-state index contributed by atoms with van der Waals surface area (Å²) in [7, 11) is 1.60. The van der Waals surface area contributed by atoms with E-state index in [1.165, 1.54) is 12.8 Å². The van der Waals surface area contributed by atoms with Gasteiger partial charge in [-0.25, -0.2) is 0 Å². The van der Waals surface area contributed by atoms with E-state index < -0.39 is 6.10 Å². The van der Waals surface area contributed by atoms with E-state index in [-0.39, 0.29) is 12.0 Å². The third kappa shape index (κ3) is 4.61. The standard InChI is InChI=1S/C18H27NO4/c1-4-19(12-13(2)20)18(21)16-10-9-15(22-3)11-17(16)23-14-7-5-6-8-14/h9-11,13-14,20H,4-8,12H2,1-3H3/t13-/m1/s1. The normalized spacial score (nSPS) is 16.2. The number of hydrogen-bond donors (Lipinski definition) is 1. The van der Waals surface area contributed by atoms with E-state index in [2.05, 4.69) is 0 Å². The van der Waals surface area contributed by atoms with Crippen LogP contribution in [-0.2, 0) is 0 Å². The molecule has 0 heterocycles. The lowest BCUT2D eigenvalue weighted by atomic mass is 10.1. The molecule has 0 radical (unpaired) electrons. The Labute approximate surface area is 138 Å². The number of rotatable bonds is 7. The van der Waals surface area contributed by atoms with Crippen molar-refractivity contribution in [2.24, 2.45) is 0 Å². The van der Waals surface area contributed by atoms with Crippen LogP contribution in [0.2, 0.25) is 0 Å². The maximum Gasteiger partial charge on any atom is 0.257 e. The van der Waals surface area contributed by atoms with Crippen LogP contribution in [0.25, 0.3) is 0 Å². The molecule has 1 aromatic rings. The summed E-state index contributed by atoms with van der Waals surface area (Å²) in [6, 6.07) is 5.29. The summed E-state index contributed by atoms with van der Waals surface area (Å²) in [6.45, 7) is 4.43. The van der Waals surface area contributed by atoms with E-state index in [0.717, 1.165) is 12.8 Å². The fourth-order valence-corrected chi connectivity index (χ4v) is 2.93. The van der Waals surface area contributed by atoms with E-state index in [1.54, 1.807) is 37.1 Å². The molecule has 0 aromatic heterocycles. The highest BCUT2D eigenvalue weighted by molar-refractivity contribution is 5.97. The van der Waals surface area contributed by atoms with Crippen molar-refractivity contribution >= 4 is 5.91 Å². The lowest BCUT2D eigenvalue weighted by Gasteiger charge is -2.24. The molecular weight excluding hydrogens is 294 g/mol. The Balaban J connectivity index is 2.25. The number of likely N-dealkylation sites (N-methyl/N-ethyl adjacent to an activating group) is 1. The van der Waals surface area contributed by atoms with Crippen molar-refractivity contribution in [3.63, 3.8) is 0 Å². The van der Waals surface area contributed by atoms with Crippen molar-refractivity contribution in [2.45, 2.75) is 51.7 Å². The molecule has 5 nitrogen and oxygen atoms in total. The first-order valence-corrected chi connectivity index (χ1v) is 8.37. The molecule has 0 bridgehead atoms. The number of methoxy groups -OCH3 is 1. The van der Waals surface area contributed by atoms with Crippen molar-refractivity contribution in [3.8, 4) is 11.5 Å². The van der Waals surface area contributed by atoms with E-state index in [4.69, 9.17) is 9.47 Å². The number of aliphatic hydroxyl groups is 1. The van der Waals surface area contributed by atoms with Crippen molar-refractivity contribution in [3.05, 3.63) is 23.8 Å². The van der Waals surface area contributed by atoms with E-state index in [9.17, 15) is 9.90 Å². The van der Waals surface area contributed by atoms with Crippen LogP contribution in [0.5, 0.6) is 11.5 Å². The first-order chi connectivity index (χ1) is 11.0. The summed E-state index contributed by atoms with van der Waals surface area (Å²) < 4.78 is 11.3. The van der Waals surface area contributed by atoms with E-state index in [0.29, 0.717) is 30.2 Å². The van der Waals surface area contributed by atoms with Gasteiger partial charge in [0.15, 0.2) is 0 Å². The van der Waals surface area contributed by atoms with Crippen LogP contribution in [0.4, 0.5) is 0 Å². The molecule has 2 rings (SSSR count). The number of carbonyl (C=O) groups is 1. The number of benzene rings is 1. The Hall–Kier alpha value is -1.75. The Morgan fingerprint density at radius 2 is 2.09 bits per heavy atom. The van der Waals surface area contributed by atoms with Crippen LogP contribution >= 0.6 is 0 Å². The average Bonchev–Trinajstić information content (AvgIpc) is 3.04. The first-order valence-electron chi connectivity index (χ1n) is 8.37. The summed E-state index contributed by atoms with van der Waals surface area (Å²) in [5, 5.41) is 9.59. The molecule has 1 fully saturated rings. The van der Waals surface area contributed by atoms with Gasteiger partial charge in [0.1, 0.15) is 11.5 Å². The third-order valence-electron chi connectivity index (χ3n) is 4.17. The van der Waals surface area contributed by atoms with Gasteiger partial charge in [0.05, 0.1) is 24.9 Å². The zero-order chi connectivity index (χ0) is 16.8. The molecule has 0 aliphatic heterocycles. The zero-order valence-corrected chi connectivity index (χ0v) is 14.2. The maximum atomic E-state index is 12.8. The Morgan fingerprint density at radius 3 is 2.65 bits per heavy atom. The largest absolute Gasteiger partial charge is 0.497 e. The van der Waals surface area contributed by atoms with Gasteiger partial charge in [-0.15, -0.1) is 0 Å². The Bertz CT molecular complexity index is 524. The monoisotopic (exact) mass is 321 g/mol. The van der Waals surface area contributed by atoms with Crippen molar-refractivity contribution < 1.29 is 19.4 Å². The number of amides is 1. The number of aliphatic hydroxyl groups excluding tert-OH is 1. The number of ether oxygens (including phenoxy) is 2. The lowest BCUT2D eigenvalue weighted by Crippen LogP contribution is -2.36. The maximum absolute atomic E-state index is 12.8. The van der Waals surface area contributed by atoms with Crippen LogP contribution in [-0.4, -0.2) is 48.3 Å². The second-order valence-electron chi connectivity index (χ2n) is 6.08. The van der Waals surface area contributed by atoms with E-state index in [1.807, 2.05) is 6.92 Å². The van der Waals surface area contributed by atoms with Gasteiger partial charge < -0.3 is 19.5 Å². The van der Waals surface area contributed by atoms with Crippen LogP contribution in [0.1, 0.15) is 49.9 Å². The van der Waals surface area contributed by atoms with Gasteiger partial charge in [-0.05, 0) is 51.7 Å². The van der Waals surface area contributed by atoms with Crippen molar-refractivity contribution in [1.29, 1.82) is 0 Å². The van der Waals surface area contributed by atoms with Crippen LogP contribution in [0, 0.1) is 0 Å². The SMILES string of the molecule is CCN(C[C@@H](C)O)C(=O)c1ccc(OC)cc1OC1CCCC1. The highest BCUT2D eigenvalue weighted by atomic mass is 16.5. The molecule has 5 heteroatoms. The van der Waals surface area contributed by atoms with Gasteiger partial charge >= 0.3 is 0 Å². The van der Waals surface area contributed by atoms with Crippen molar-refractivity contribution in [1.82, 2.24) is 4.90 Å². The molecule has 1 aliphatic carbocycles. The number of nitrogens with zero attached hydrogens (tertiary/aromatic N) is 1. The summed E-state index contributed by atoms with van der Waals surface area (Å²) in [5.74, 6) is 1.13. The second kappa shape index (κ2) is 8.20. The third-order valence-corrected chi connectivity index (χ3v) is 4.17.